The maximum absolute atomic E-state index is 14.3. The molecule has 0 saturated heterocycles. The van der Waals surface area contributed by atoms with Crippen LogP contribution in [0.5, 0.6) is 0 Å². The predicted octanol–water partition coefficient (Wildman–Crippen LogP) is 4.68. The fourth-order valence-electron chi connectivity index (χ4n) is 3.01. The molecule has 0 atom stereocenters. The van der Waals surface area contributed by atoms with Gasteiger partial charge < -0.3 is 5.32 Å². The molecule has 1 aromatic carbocycles. The first-order valence-electron chi connectivity index (χ1n) is 7.04. The van der Waals surface area contributed by atoms with Gasteiger partial charge in [-0.05, 0) is 45.7 Å². The standard InChI is InChI=1S/C16H23ClFN/c1-15(2,3)19-11-16(9-4-5-10-16)14-12(17)7-6-8-13(14)18/h6-8,19H,4-5,9-11H2,1-3H3. The third kappa shape index (κ3) is 3.29. The first-order chi connectivity index (χ1) is 8.84. The van der Waals surface area contributed by atoms with Crippen LogP contribution < -0.4 is 5.32 Å². The van der Waals surface area contributed by atoms with Crippen LogP contribution >= 0.6 is 11.6 Å². The molecule has 1 aliphatic carbocycles. The highest BCUT2D eigenvalue weighted by molar-refractivity contribution is 6.31. The van der Waals surface area contributed by atoms with E-state index >= 15 is 0 Å². The van der Waals surface area contributed by atoms with Gasteiger partial charge in [0.1, 0.15) is 5.82 Å². The Kier molecular flexibility index (Phi) is 4.22. The summed E-state index contributed by atoms with van der Waals surface area (Å²) in [5.41, 5.74) is 0.606. The van der Waals surface area contributed by atoms with E-state index in [0.29, 0.717) is 10.6 Å². The zero-order chi connectivity index (χ0) is 14.1. The fraction of sp³-hybridized carbons (Fsp3) is 0.625. The maximum Gasteiger partial charge on any atom is 0.128 e. The van der Waals surface area contributed by atoms with Gasteiger partial charge in [-0.2, -0.15) is 0 Å². The van der Waals surface area contributed by atoms with Crippen LogP contribution in [0.15, 0.2) is 18.2 Å². The molecule has 1 aromatic rings. The van der Waals surface area contributed by atoms with Crippen molar-refractivity contribution in [1.82, 2.24) is 5.32 Å². The van der Waals surface area contributed by atoms with Crippen molar-refractivity contribution in [3.05, 3.63) is 34.6 Å². The fourth-order valence-corrected chi connectivity index (χ4v) is 3.37. The molecule has 2 rings (SSSR count). The van der Waals surface area contributed by atoms with Crippen LogP contribution in [-0.2, 0) is 5.41 Å². The summed E-state index contributed by atoms with van der Waals surface area (Å²) in [5, 5.41) is 4.10. The second-order valence-electron chi connectivity index (χ2n) is 6.69. The number of hydrogen-bond acceptors (Lipinski definition) is 1. The van der Waals surface area contributed by atoms with Gasteiger partial charge in [0, 0.05) is 28.1 Å². The molecule has 1 saturated carbocycles. The second-order valence-corrected chi connectivity index (χ2v) is 7.09. The van der Waals surface area contributed by atoms with E-state index in [-0.39, 0.29) is 16.8 Å². The van der Waals surface area contributed by atoms with Gasteiger partial charge in [0.05, 0.1) is 0 Å². The Morgan fingerprint density at radius 2 is 1.89 bits per heavy atom. The van der Waals surface area contributed by atoms with Crippen LogP contribution in [0.4, 0.5) is 4.39 Å². The molecule has 106 valence electrons. The van der Waals surface area contributed by atoms with E-state index in [4.69, 9.17) is 11.6 Å². The summed E-state index contributed by atoms with van der Waals surface area (Å²) in [7, 11) is 0. The lowest BCUT2D eigenvalue weighted by atomic mass is 9.78. The number of hydrogen-bond donors (Lipinski definition) is 1. The Balaban J connectivity index is 2.34. The van der Waals surface area contributed by atoms with Crippen LogP contribution in [0.2, 0.25) is 5.02 Å². The van der Waals surface area contributed by atoms with Crippen molar-refractivity contribution in [2.24, 2.45) is 0 Å². The quantitative estimate of drug-likeness (QED) is 0.849. The Hall–Kier alpha value is -0.600. The van der Waals surface area contributed by atoms with Crippen molar-refractivity contribution in [2.45, 2.75) is 57.4 Å². The molecule has 0 aliphatic heterocycles. The molecular formula is C16H23ClFN. The molecule has 1 fully saturated rings. The van der Waals surface area contributed by atoms with E-state index in [9.17, 15) is 4.39 Å². The average Bonchev–Trinajstić information content (AvgIpc) is 2.75. The minimum atomic E-state index is -0.162. The van der Waals surface area contributed by atoms with Crippen LogP contribution in [0.3, 0.4) is 0 Å². The van der Waals surface area contributed by atoms with Gasteiger partial charge in [-0.25, -0.2) is 4.39 Å². The summed E-state index contributed by atoms with van der Waals surface area (Å²) in [4.78, 5) is 0. The molecule has 19 heavy (non-hydrogen) atoms. The topological polar surface area (TPSA) is 12.0 Å². The predicted molar refractivity (Wildman–Crippen MR) is 79.3 cm³/mol. The van der Waals surface area contributed by atoms with Gasteiger partial charge in [-0.1, -0.05) is 30.5 Å². The summed E-state index contributed by atoms with van der Waals surface area (Å²) in [6.07, 6.45) is 4.32. The highest BCUT2D eigenvalue weighted by atomic mass is 35.5. The third-order valence-corrected chi connectivity index (χ3v) is 4.33. The second kappa shape index (κ2) is 5.41. The van der Waals surface area contributed by atoms with Crippen LogP contribution in [-0.4, -0.2) is 12.1 Å². The SMILES string of the molecule is CC(C)(C)NCC1(c2c(F)cccc2Cl)CCCC1. The van der Waals surface area contributed by atoms with E-state index in [1.54, 1.807) is 12.1 Å². The smallest absolute Gasteiger partial charge is 0.128 e. The molecule has 0 heterocycles. The highest BCUT2D eigenvalue weighted by Crippen LogP contribution is 2.44. The molecular weight excluding hydrogens is 261 g/mol. The summed E-state index contributed by atoms with van der Waals surface area (Å²) >= 11 is 6.28. The molecule has 1 nitrogen and oxygen atoms in total. The van der Waals surface area contributed by atoms with E-state index in [0.717, 1.165) is 32.2 Å². The Morgan fingerprint density at radius 1 is 1.26 bits per heavy atom. The van der Waals surface area contributed by atoms with Gasteiger partial charge in [0.15, 0.2) is 0 Å². The molecule has 0 radical (unpaired) electrons. The first kappa shape index (κ1) is 14.8. The van der Waals surface area contributed by atoms with Crippen LogP contribution in [0, 0.1) is 5.82 Å². The van der Waals surface area contributed by atoms with Crippen LogP contribution in [0.25, 0.3) is 0 Å². The molecule has 0 aromatic heterocycles. The van der Waals surface area contributed by atoms with Gasteiger partial charge >= 0.3 is 0 Å². The van der Waals surface area contributed by atoms with Crippen molar-refractivity contribution in [1.29, 1.82) is 0 Å². The van der Waals surface area contributed by atoms with Crippen molar-refractivity contribution in [3.8, 4) is 0 Å². The van der Waals surface area contributed by atoms with Crippen molar-refractivity contribution < 1.29 is 4.39 Å². The summed E-state index contributed by atoms with van der Waals surface area (Å²) < 4.78 is 14.3. The summed E-state index contributed by atoms with van der Waals surface area (Å²) in [5.74, 6) is -0.162. The zero-order valence-corrected chi connectivity index (χ0v) is 12.8. The van der Waals surface area contributed by atoms with Gasteiger partial charge in [0.25, 0.3) is 0 Å². The third-order valence-electron chi connectivity index (χ3n) is 4.01. The average molecular weight is 284 g/mol. The maximum atomic E-state index is 14.3. The number of benzene rings is 1. The molecule has 0 amide bonds. The van der Waals surface area contributed by atoms with E-state index in [1.807, 2.05) is 0 Å². The summed E-state index contributed by atoms with van der Waals surface area (Å²) in [6, 6.07) is 5.01. The molecule has 1 aliphatic rings. The minimum absolute atomic E-state index is 0.0350. The number of halogens is 2. The molecule has 0 unspecified atom stereocenters. The van der Waals surface area contributed by atoms with E-state index in [2.05, 4.69) is 26.1 Å². The Bertz CT molecular complexity index is 424. The van der Waals surface area contributed by atoms with Gasteiger partial charge in [-0.15, -0.1) is 0 Å². The molecule has 0 spiro atoms. The Morgan fingerprint density at radius 3 is 2.42 bits per heavy atom. The van der Waals surface area contributed by atoms with Crippen molar-refractivity contribution >= 4 is 11.6 Å². The number of nitrogens with one attached hydrogen (secondary N) is 1. The lowest BCUT2D eigenvalue weighted by Gasteiger charge is -2.34. The van der Waals surface area contributed by atoms with Crippen molar-refractivity contribution in [2.75, 3.05) is 6.54 Å². The first-order valence-corrected chi connectivity index (χ1v) is 7.41. The summed E-state index contributed by atoms with van der Waals surface area (Å²) in [6.45, 7) is 7.20. The molecule has 0 bridgehead atoms. The van der Waals surface area contributed by atoms with Gasteiger partial charge in [-0.3, -0.25) is 0 Å². The highest BCUT2D eigenvalue weighted by Gasteiger charge is 2.39. The largest absolute Gasteiger partial charge is 0.311 e. The monoisotopic (exact) mass is 283 g/mol. The van der Waals surface area contributed by atoms with Gasteiger partial charge in [0.2, 0.25) is 0 Å². The lowest BCUT2D eigenvalue weighted by Crippen LogP contribution is -2.45. The van der Waals surface area contributed by atoms with E-state index in [1.165, 1.54) is 6.07 Å². The molecule has 1 N–H and O–H groups in total. The minimum Gasteiger partial charge on any atom is -0.311 e. The lowest BCUT2D eigenvalue weighted by molar-refractivity contribution is 0.325. The number of rotatable bonds is 3. The van der Waals surface area contributed by atoms with Crippen molar-refractivity contribution in [3.63, 3.8) is 0 Å². The zero-order valence-electron chi connectivity index (χ0n) is 12.0. The molecule has 3 heteroatoms. The normalized spacial score (nSPS) is 18.8. The Labute approximate surface area is 120 Å². The van der Waals surface area contributed by atoms with E-state index < -0.39 is 0 Å². The van der Waals surface area contributed by atoms with Crippen LogP contribution in [0.1, 0.15) is 52.0 Å².